The van der Waals surface area contributed by atoms with Crippen molar-refractivity contribution in [3.8, 4) is 0 Å². The van der Waals surface area contributed by atoms with E-state index in [1.807, 2.05) is 11.8 Å². The van der Waals surface area contributed by atoms with Crippen molar-refractivity contribution in [3.63, 3.8) is 0 Å². The first kappa shape index (κ1) is 13.6. The molecule has 2 aliphatic rings. The molecule has 1 aliphatic carbocycles. The van der Waals surface area contributed by atoms with E-state index in [2.05, 4.69) is 15.3 Å². The smallest absolute Gasteiger partial charge is 0.244 e. The molecule has 1 amide bonds. The van der Waals surface area contributed by atoms with Crippen LogP contribution >= 0.6 is 11.6 Å². The summed E-state index contributed by atoms with van der Waals surface area (Å²) in [6, 6.07) is 1.40. The molecule has 0 bridgehead atoms. The number of carbonyl (C=O) groups is 1. The van der Waals surface area contributed by atoms with E-state index in [0.717, 1.165) is 44.6 Å². The Morgan fingerprint density at radius 2 is 2.10 bits per heavy atom. The van der Waals surface area contributed by atoms with Crippen LogP contribution in [0.3, 0.4) is 0 Å². The Kier molecular flexibility index (Phi) is 3.78. The minimum Gasteiger partial charge on any atom is -0.358 e. The van der Waals surface area contributed by atoms with Gasteiger partial charge in [0.05, 0.1) is 0 Å². The molecule has 1 saturated heterocycles. The molecule has 0 radical (unpaired) electrons. The number of carbonyl (C=O) groups excluding carboxylic acids is 1. The lowest BCUT2D eigenvalue weighted by Crippen LogP contribution is -2.39. The predicted octanol–water partition coefficient (Wildman–Crippen LogP) is 2.43. The Morgan fingerprint density at radius 3 is 2.75 bits per heavy atom. The van der Waals surface area contributed by atoms with E-state index < -0.39 is 0 Å². The molecule has 1 N–H and O–H groups in total. The summed E-state index contributed by atoms with van der Waals surface area (Å²) in [7, 11) is 0. The molecule has 2 fully saturated rings. The number of nitrogens with one attached hydrogen (secondary N) is 1. The van der Waals surface area contributed by atoms with Crippen molar-refractivity contribution in [3.05, 3.63) is 17.0 Å². The van der Waals surface area contributed by atoms with Crippen molar-refractivity contribution < 1.29 is 4.79 Å². The van der Waals surface area contributed by atoms with Gasteiger partial charge in [-0.1, -0.05) is 11.6 Å². The second kappa shape index (κ2) is 5.56. The van der Waals surface area contributed by atoms with Gasteiger partial charge in [-0.15, -0.1) is 0 Å². The van der Waals surface area contributed by atoms with Crippen molar-refractivity contribution in [2.45, 2.75) is 44.6 Å². The van der Waals surface area contributed by atoms with E-state index in [1.165, 1.54) is 0 Å². The SMILES string of the molecule is CC(Nc1cc(Cl)nc(C2CC2)n1)C(=O)N1CCCC1. The zero-order chi connectivity index (χ0) is 14.1. The third-order valence-corrected chi connectivity index (χ3v) is 4.00. The van der Waals surface area contributed by atoms with E-state index in [4.69, 9.17) is 11.6 Å². The second-order valence-corrected chi connectivity index (χ2v) is 5.99. The number of nitrogens with zero attached hydrogens (tertiary/aromatic N) is 3. The van der Waals surface area contributed by atoms with Crippen LogP contribution in [0.4, 0.5) is 5.82 Å². The number of anilines is 1. The molecular weight excluding hydrogens is 276 g/mol. The standard InChI is InChI=1S/C14H19ClN4O/c1-9(14(20)19-6-2-3-7-19)16-12-8-11(15)17-13(18-12)10-4-5-10/h8-10H,2-7H2,1H3,(H,16,17,18). The molecule has 20 heavy (non-hydrogen) atoms. The largest absolute Gasteiger partial charge is 0.358 e. The van der Waals surface area contributed by atoms with E-state index >= 15 is 0 Å². The van der Waals surface area contributed by atoms with Crippen LogP contribution in [0.2, 0.25) is 5.15 Å². The average molecular weight is 295 g/mol. The Morgan fingerprint density at radius 1 is 1.40 bits per heavy atom. The highest BCUT2D eigenvalue weighted by Gasteiger charge is 2.28. The van der Waals surface area contributed by atoms with Crippen LogP contribution in [-0.2, 0) is 4.79 Å². The van der Waals surface area contributed by atoms with Crippen molar-refractivity contribution in [2.24, 2.45) is 0 Å². The molecule has 108 valence electrons. The van der Waals surface area contributed by atoms with E-state index in [9.17, 15) is 4.79 Å². The number of amides is 1. The third-order valence-electron chi connectivity index (χ3n) is 3.81. The lowest BCUT2D eigenvalue weighted by molar-refractivity contribution is -0.130. The van der Waals surface area contributed by atoms with Gasteiger partial charge in [0.15, 0.2) is 0 Å². The molecule has 1 atom stereocenters. The lowest BCUT2D eigenvalue weighted by Gasteiger charge is -2.21. The fourth-order valence-corrected chi connectivity index (χ4v) is 2.72. The monoisotopic (exact) mass is 294 g/mol. The molecule has 0 spiro atoms. The van der Waals surface area contributed by atoms with Crippen molar-refractivity contribution in [2.75, 3.05) is 18.4 Å². The lowest BCUT2D eigenvalue weighted by atomic mass is 10.3. The minimum atomic E-state index is -0.286. The summed E-state index contributed by atoms with van der Waals surface area (Å²) in [6.45, 7) is 3.60. The van der Waals surface area contributed by atoms with Gasteiger partial charge in [-0.2, -0.15) is 0 Å². The normalized spacial score (nSPS) is 20.0. The first-order chi connectivity index (χ1) is 9.63. The Balaban J connectivity index is 1.68. The maximum atomic E-state index is 12.3. The highest BCUT2D eigenvalue weighted by molar-refractivity contribution is 6.29. The number of aromatic nitrogens is 2. The summed E-state index contributed by atoms with van der Waals surface area (Å²) in [5.74, 6) is 2.01. The van der Waals surface area contributed by atoms with Crippen LogP contribution in [0.1, 0.15) is 44.3 Å². The zero-order valence-electron chi connectivity index (χ0n) is 11.6. The Hall–Kier alpha value is -1.36. The van der Waals surface area contributed by atoms with Gasteiger partial charge in [0.1, 0.15) is 22.8 Å². The van der Waals surface area contributed by atoms with Gasteiger partial charge < -0.3 is 10.2 Å². The van der Waals surface area contributed by atoms with E-state index in [1.54, 1.807) is 6.07 Å². The molecule has 1 aliphatic heterocycles. The molecule has 5 nitrogen and oxygen atoms in total. The summed E-state index contributed by atoms with van der Waals surface area (Å²) in [6.07, 6.45) is 4.46. The molecular formula is C14H19ClN4O. The number of rotatable bonds is 4. The molecule has 0 aromatic carbocycles. The highest BCUT2D eigenvalue weighted by Crippen LogP contribution is 2.38. The third kappa shape index (κ3) is 3.03. The van der Waals surface area contributed by atoms with Crippen LogP contribution < -0.4 is 5.32 Å². The van der Waals surface area contributed by atoms with E-state index in [0.29, 0.717) is 16.9 Å². The Bertz CT molecular complexity index is 512. The quantitative estimate of drug-likeness (QED) is 0.867. The predicted molar refractivity (Wildman–Crippen MR) is 77.9 cm³/mol. The van der Waals surface area contributed by atoms with Crippen molar-refractivity contribution >= 4 is 23.3 Å². The van der Waals surface area contributed by atoms with Crippen molar-refractivity contribution in [1.82, 2.24) is 14.9 Å². The highest BCUT2D eigenvalue weighted by atomic mass is 35.5. The number of likely N-dealkylation sites (tertiary alicyclic amines) is 1. The minimum absolute atomic E-state index is 0.130. The van der Waals surface area contributed by atoms with E-state index in [-0.39, 0.29) is 11.9 Å². The maximum absolute atomic E-state index is 12.3. The number of hydrogen-bond acceptors (Lipinski definition) is 4. The summed E-state index contributed by atoms with van der Waals surface area (Å²) in [5, 5.41) is 3.59. The average Bonchev–Trinajstić information content (AvgIpc) is 3.13. The second-order valence-electron chi connectivity index (χ2n) is 5.61. The van der Waals surface area contributed by atoms with Crippen molar-refractivity contribution in [1.29, 1.82) is 0 Å². The molecule has 1 saturated carbocycles. The zero-order valence-corrected chi connectivity index (χ0v) is 12.4. The fraction of sp³-hybridized carbons (Fsp3) is 0.643. The summed E-state index contributed by atoms with van der Waals surface area (Å²) in [5.41, 5.74) is 0. The topological polar surface area (TPSA) is 58.1 Å². The van der Waals surface area contributed by atoms with Gasteiger partial charge in [0.25, 0.3) is 0 Å². The molecule has 1 aromatic rings. The first-order valence-electron chi connectivity index (χ1n) is 7.23. The summed E-state index contributed by atoms with van der Waals surface area (Å²) in [4.78, 5) is 22.9. The molecule has 3 rings (SSSR count). The van der Waals surface area contributed by atoms with Gasteiger partial charge in [-0.05, 0) is 32.6 Å². The van der Waals surface area contributed by atoms with Gasteiger partial charge in [-0.25, -0.2) is 9.97 Å². The van der Waals surface area contributed by atoms with Gasteiger partial charge >= 0.3 is 0 Å². The van der Waals surface area contributed by atoms with Crippen LogP contribution in [0.25, 0.3) is 0 Å². The van der Waals surface area contributed by atoms with Gasteiger partial charge in [-0.3, -0.25) is 4.79 Å². The van der Waals surface area contributed by atoms with Gasteiger partial charge in [0.2, 0.25) is 5.91 Å². The van der Waals surface area contributed by atoms with Crippen LogP contribution in [0, 0.1) is 0 Å². The molecule has 6 heteroatoms. The number of halogens is 1. The fourth-order valence-electron chi connectivity index (χ4n) is 2.53. The maximum Gasteiger partial charge on any atom is 0.244 e. The molecule has 2 heterocycles. The molecule has 1 unspecified atom stereocenters. The summed E-state index contributed by atoms with van der Waals surface area (Å²) >= 11 is 6.03. The number of hydrogen-bond donors (Lipinski definition) is 1. The van der Waals surface area contributed by atoms with Crippen LogP contribution in [0.5, 0.6) is 0 Å². The van der Waals surface area contributed by atoms with Gasteiger partial charge in [0, 0.05) is 25.1 Å². The Labute approximate surface area is 123 Å². The first-order valence-corrected chi connectivity index (χ1v) is 7.61. The molecule has 1 aromatic heterocycles. The van der Waals surface area contributed by atoms with Crippen LogP contribution in [0.15, 0.2) is 6.07 Å². The van der Waals surface area contributed by atoms with Crippen LogP contribution in [-0.4, -0.2) is 39.9 Å². The summed E-state index contributed by atoms with van der Waals surface area (Å²) < 4.78 is 0.